The monoisotopic (exact) mass is 127 g/mol. The van der Waals surface area contributed by atoms with E-state index in [1.54, 1.807) is 0 Å². The lowest BCUT2D eigenvalue weighted by Crippen LogP contribution is -1.99. The lowest BCUT2D eigenvalue weighted by Gasteiger charge is -1.97. The van der Waals surface area contributed by atoms with Crippen LogP contribution in [-0.4, -0.2) is 0 Å². The Labute approximate surface area is 37.3 Å². The van der Waals surface area contributed by atoms with E-state index >= 15 is 0 Å². The molecule has 0 rings (SSSR count). The van der Waals surface area contributed by atoms with Crippen molar-refractivity contribution in [1.82, 2.24) is 0 Å². The first-order valence-electron chi connectivity index (χ1n) is 0.944. The van der Waals surface area contributed by atoms with E-state index in [9.17, 15) is 4.57 Å². The van der Waals surface area contributed by atoms with Gasteiger partial charge in [0.1, 0.15) is 0 Å². The first-order chi connectivity index (χ1) is 2.91. The third-order valence-electron chi connectivity index (χ3n) is 0.109. The van der Waals surface area contributed by atoms with Gasteiger partial charge >= 0.3 is 0 Å². The zero-order valence-electron chi connectivity index (χ0n) is 2.58. The Hall–Kier alpha value is 0.410. The quantitative estimate of drug-likeness (QED) is 0.232. The van der Waals surface area contributed by atoms with Crippen LogP contribution in [0.2, 0.25) is 0 Å². The van der Waals surface area contributed by atoms with Gasteiger partial charge in [0, 0.05) is 0 Å². The maximum absolute atomic E-state index is 9.33. The fourth-order valence-corrected chi connectivity index (χ4v) is 0.274. The molecule has 1 atom stereocenters. The van der Waals surface area contributed by atoms with Crippen LogP contribution in [-0.2, 0) is 14.3 Å². The highest BCUT2D eigenvalue weighted by Gasteiger charge is 1.72. The standard InChI is InChI=1S/H2O4P2/c1-3-4-6-5-2/h1,6H/p-1. The molecule has 0 aliphatic heterocycles. The molecule has 6 heteroatoms. The molecule has 0 radical (unpaired) electrons. The fraction of sp³-hybridized carbons (Fsp3) is 0. The Morgan fingerprint density at radius 2 is 2.50 bits per heavy atom. The Morgan fingerprint density at radius 1 is 1.83 bits per heavy atom. The molecule has 0 aromatic carbocycles. The number of hydrogen-bond donors (Lipinski definition) is 0. The van der Waals surface area contributed by atoms with Crippen LogP contribution in [0.25, 0.3) is 0 Å². The van der Waals surface area contributed by atoms with Crippen LogP contribution in [0, 0.1) is 0 Å². The molecule has 0 saturated carbocycles. The van der Waals surface area contributed by atoms with Crippen LogP contribution < -0.4 is 5.26 Å². The summed E-state index contributed by atoms with van der Waals surface area (Å²) >= 11 is 0. The molecule has 0 heterocycles. The number of rotatable bonds is 3. The van der Waals surface area contributed by atoms with E-state index in [0.29, 0.717) is 0 Å². The van der Waals surface area contributed by atoms with Crippen LogP contribution in [0.15, 0.2) is 0 Å². The van der Waals surface area contributed by atoms with Gasteiger partial charge in [0.2, 0.25) is 8.15 Å². The summed E-state index contributed by atoms with van der Waals surface area (Å²) in [5, 5.41) is 11.7. The van der Waals surface area contributed by atoms with E-state index in [1.165, 1.54) is 0 Å². The van der Waals surface area contributed by atoms with Crippen molar-refractivity contribution < 1.29 is 19.5 Å². The molecular formula is HO4P2-. The maximum atomic E-state index is 9.33. The van der Waals surface area contributed by atoms with Crippen molar-refractivity contribution in [2.45, 2.75) is 0 Å². The van der Waals surface area contributed by atoms with Gasteiger partial charge in [-0.25, -0.2) is 4.67 Å². The summed E-state index contributed by atoms with van der Waals surface area (Å²) in [6.45, 7) is 0. The zero-order chi connectivity index (χ0) is 4.83. The van der Waals surface area contributed by atoms with Crippen LogP contribution in [0.1, 0.15) is 0 Å². The van der Waals surface area contributed by atoms with Gasteiger partial charge in [-0.05, 0) is 0 Å². The molecule has 0 aliphatic carbocycles. The highest BCUT2D eigenvalue weighted by molar-refractivity contribution is 8.03. The second-order valence-electron chi connectivity index (χ2n) is 0.334. The van der Waals surface area contributed by atoms with Crippen molar-refractivity contribution in [3.05, 3.63) is 0 Å². The predicted octanol–water partition coefficient (Wildman–Crippen LogP) is 0.0101. The summed E-state index contributed by atoms with van der Waals surface area (Å²) in [6.07, 6.45) is 0. The van der Waals surface area contributed by atoms with Gasteiger partial charge in [0.25, 0.3) is 0 Å². The van der Waals surface area contributed by atoms with Crippen LogP contribution >= 0.6 is 16.6 Å². The lowest BCUT2D eigenvalue weighted by atomic mass is 14.6. The van der Waals surface area contributed by atoms with Crippen molar-refractivity contribution in [2.75, 3.05) is 0 Å². The van der Waals surface area contributed by atoms with Crippen molar-refractivity contribution in [1.29, 1.82) is 0 Å². The minimum absolute atomic E-state index is 0.224. The van der Waals surface area contributed by atoms with Crippen LogP contribution in [0.3, 0.4) is 0 Å². The van der Waals surface area contributed by atoms with Crippen molar-refractivity contribution in [3.8, 4) is 0 Å². The summed E-state index contributed by atoms with van der Waals surface area (Å²) in [5.74, 6) is 0. The smallest absolute Gasteiger partial charge is 0.211 e. The SMILES string of the molecule is O=PPOO[O-]. The van der Waals surface area contributed by atoms with Gasteiger partial charge in [-0.2, -0.15) is 0 Å². The van der Waals surface area contributed by atoms with Crippen molar-refractivity contribution >= 4 is 16.6 Å². The summed E-state index contributed by atoms with van der Waals surface area (Å²) in [5.41, 5.74) is 0. The molecule has 1 unspecified atom stereocenters. The van der Waals surface area contributed by atoms with Gasteiger partial charge in [-0.3, -0.25) is 9.60 Å². The van der Waals surface area contributed by atoms with E-state index in [1.807, 2.05) is 0 Å². The Balaban J connectivity index is 2.49. The van der Waals surface area contributed by atoms with Gasteiger partial charge in [0.15, 0.2) is 8.50 Å². The van der Waals surface area contributed by atoms with Gasteiger partial charge in [-0.1, -0.05) is 0 Å². The van der Waals surface area contributed by atoms with Gasteiger partial charge in [-0.15, -0.1) is 0 Å². The van der Waals surface area contributed by atoms with Gasteiger partial charge < -0.3 is 5.26 Å². The zero-order valence-corrected chi connectivity index (χ0v) is 4.47. The van der Waals surface area contributed by atoms with Crippen LogP contribution in [0.5, 0.6) is 0 Å². The molecule has 0 saturated heterocycles. The highest BCUT2D eigenvalue weighted by Crippen LogP contribution is 2.26. The molecule has 0 fully saturated rings. The summed E-state index contributed by atoms with van der Waals surface area (Å²) in [7, 11) is -0.627. The topological polar surface area (TPSA) is 58.6 Å². The van der Waals surface area contributed by atoms with E-state index in [2.05, 4.69) is 9.71 Å². The molecule has 0 spiro atoms. The second-order valence-corrected chi connectivity index (χ2v) is 1.96. The molecule has 0 bridgehead atoms. The Bertz CT molecular complexity index is 34.5. The first kappa shape index (κ1) is 6.41. The van der Waals surface area contributed by atoms with Gasteiger partial charge in [0.05, 0.1) is 0 Å². The fourth-order valence-electron chi connectivity index (χ4n) is 0.0304. The second kappa shape index (κ2) is 5.41. The minimum Gasteiger partial charge on any atom is -0.692 e. The predicted molar refractivity (Wildman–Crippen MR) is 18.1 cm³/mol. The summed E-state index contributed by atoms with van der Waals surface area (Å²) in [6, 6.07) is 0. The Morgan fingerprint density at radius 3 is 2.67 bits per heavy atom. The lowest BCUT2D eigenvalue weighted by molar-refractivity contribution is -0.778. The normalized spacial score (nSPS) is 11.5. The maximum Gasteiger partial charge on any atom is 0.211 e. The average Bonchev–Trinajstić information content (AvgIpc) is 1.61. The van der Waals surface area contributed by atoms with E-state index in [4.69, 9.17) is 5.26 Å². The highest BCUT2D eigenvalue weighted by atomic mass is 32.0. The van der Waals surface area contributed by atoms with E-state index < -0.39 is 8.50 Å². The first-order valence-corrected chi connectivity index (χ1v) is 3.51. The molecule has 36 valence electrons. The molecule has 0 amide bonds. The molecule has 0 aromatic rings. The Kier molecular flexibility index (Phi) is 5.78. The molecule has 4 nitrogen and oxygen atoms in total. The largest absolute Gasteiger partial charge is 0.692 e. The average molecular weight is 127 g/mol. The molecule has 0 aromatic heterocycles. The molecule has 0 aliphatic rings. The van der Waals surface area contributed by atoms with E-state index in [0.717, 1.165) is 0 Å². The molecule has 6 heavy (non-hydrogen) atoms. The molecule has 0 N–H and O–H groups in total. The summed E-state index contributed by atoms with van der Waals surface area (Å²) in [4.78, 5) is 0. The van der Waals surface area contributed by atoms with Crippen molar-refractivity contribution in [3.63, 3.8) is 0 Å². The van der Waals surface area contributed by atoms with Crippen LogP contribution in [0.4, 0.5) is 0 Å². The minimum atomic E-state index is -0.403. The number of hydrogen-bond acceptors (Lipinski definition) is 4. The van der Waals surface area contributed by atoms with Crippen molar-refractivity contribution in [2.24, 2.45) is 0 Å². The van der Waals surface area contributed by atoms with E-state index in [-0.39, 0.29) is 8.15 Å². The molecular weight excluding hydrogens is 126 g/mol. The summed E-state index contributed by atoms with van der Waals surface area (Å²) < 4.78 is 13.0. The third kappa shape index (κ3) is 4.41. The third-order valence-corrected chi connectivity index (χ3v) is 0.773.